The Labute approximate surface area is 129 Å². The van der Waals surface area contributed by atoms with Crippen molar-refractivity contribution >= 4 is 22.9 Å². The van der Waals surface area contributed by atoms with Gasteiger partial charge in [0, 0.05) is 18.3 Å². The SMILES string of the molecule is CCNC(Cc1c(Cl)c(C)nn1CC)c1csc(C)n1. The van der Waals surface area contributed by atoms with Gasteiger partial charge in [-0.25, -0.2) is 4.98 Å². The van der Waals surface area contributed by atoms with Gasteiger partial charge in [0.25, 0.3) is 0 Å². The summed E-state index contributed by atoms with van der Waals surface area (Å²) in [5.74, 6) is 0. The van der Waals surface area contributed by atoms with Crippen LogP contribution >= 0.6 is 22.9 Å². The number of nitrogens with one attached hydrogen (secondary N) is 1. The lowest BCUT2D eigenvalue weighted by Gasteiger charge is -2.16. The molecule has 1 N–H and O–H groups in total. The number of rotatable bonds is 6. The molecule has 0 aliphatic heterocycles. The van der Waals surface area contributed by atoms with Crippen molar-refractivity contribution in [3.05, 3.63) is 32.5 Å². The standard InChI is InChI=1S/C14H21ClN4S/c1-5-16-11(12-8-20-10(4)17-12)7-13-14(15)9(3)18-19(13)6-2/h8,11,16H,5-7H2,1-4H3. The lowest BCUT2D eigenvalue weighted by Crippen LogP contribution is -2.24. The summed E-state index contributed by atoms with van der Waals surface area (Å²) in [6.07, 6.45) is 0.810. The molecule has 0 saturated heterocycles. The Morgan fingerprint density at radius 1 is 1.40 bits per heavy atom. The van der Waals surface area contributed by atoms with Gasteiger partial charge >= 0.3 is 0 Å². The Bertz CT molecular complexity index is 576. The molecule has 2 heterocycles. The largest absolute Gasteiger partial charge is 0.309 e. The molecule has 2 aromatic heterocycles. The van der Waals surface area contributed by atoms with Crippen LogP contribution in [-0.4, -0.2) is 21.3 Å². The van der Waals surface area contributed by atoms with Gasteiger partial charge in [0.2, 0.25) is 0 Å². The first-order valence-electron chi connectivity index (χ1n) is 6.94. The van der Waals surface area contributed by atoms with Gasteiger partial charge in [-0.1, -0.05) is 18.5 Å². The molecule has 20 heavy (non-hydrogen) atoms. The van der Waals surface area contributed by atoms with Crippen molar-refractivity contribution in [3.8, 4) is 0 Å². The van der Waals surface area contributed by atoms with Crippen LogP contribution < -0.4 is 5.32 Å². The van der Waals surface area contributed by atoms with E-state index in [4.69, 9.17) is 11.6 Å². The normalized spacial score (nSPS) is 12.8. The van der Waals surface area contributed by atoms with Crippen LogP contribution in [0.2, 0.25) is 5.02 Å². The number of thiazole rings is 1. The van der Waals surface area contributed by atoms with Gasteiger partial charge < -0.3 is 5.32 Å². The molecule has 1 unspecified atom stereocenters. The van der Waals surface area contributed by atoms with E-state index < -0.39 is 0 Å². The second kappa shape index (κ2) is 6.70. The Balaban J connectivity index is 2.28. The molecule has 0 radical (unpaired) electrons. The van der Waals surface area contributed by atoms with Crippen molar-refractivity contribution < 1.29 is 0 Å². The quantitative estimate of drug-likeness (QED) is 0.887. The summed E-state index contributed by atoms with van der Waals surface area (Å²) in [4.78, 5) is 4.60. The molecule has 110 valence electrons. The smallest absolute Gasteiger partial charge is 0.0898 e. The third-order valence-corrected chi connectivity index (χ3v) is 4.58. The molecular formula is C14H21ClN4S. The Morgan fingerprint density at radius 2 is 2.15 bits per heavy atom. The van der Waals surface area contributed by atoms with Crippen LogP contribution in [0, 0.1) is 13.8 Å². The molecule has 0 aliphatic rings. The minimum atomic E-state index is 0.184. The fourth-order valence-corrected chi connectivity index (χ4v) is 3.20. The summed E-state index contributed by atoms with van der Waals surface area (Å²) in [5, 5.41) is 12.0. The number of aryl methyl sites for hydroxylation is 3. The summed E-state index contributed by atoms with van der Waals surface area (Å²) in [5.41, 5.74) is 3.07. The summed E-state index contributed by atoms with van der Waals surface area (Å²) in [6.45, 7) is 9.91. The molecule has 2 rings (SSSR count). The molecule has 0 aromatic carbocycles. The number of hydrogen-bond donors (Lipinski definition) is 1. The van der Waals surface area contributed by atoms with Crippen molar-refractivity contribution in [1.29, 1.82) is 0 Å². The Hall–Kier alpha value is -0.910. The van der Waals surface area contributed by atoms with E-state index in [-0.39, 0.29) is 6.04 Å². The fraction of sp³-hybridized carbons (Fsp3) is 0.571. The highest BCUT2D eigenvalue weighted by Crippen LogP contribution is 2.26. The van der Waals surface area contributed by atoms with Crippen molar-refractivity contribution in [1.82, 2.24) is 20.1 Å². The molecule has 2 aromatic rings. The fourth-order valence-electron chi connectivity index (χ4n) is 2.33. The maximum atomic E-state index is 6.40. The second-order valence-electron chi connectivity index (χ2n) is 4.77. The van der Waals surface area contributed by atoms with E-state index in [0.717, 1.165) is 46.6 Å². The minimum Gasteiger partial charge on any atom is -0.309 e. The number of aromatic nitrogens is 3. The van der Waals surface area contributed by atoms with Crippen LogP contribution in [0.3, 0.4) is 0 Å². The van der Waals surface area contributed by atoms with Gasteiger partial charge in [-0.3, -0.25) is 4.68 Å². The lowest BCUT2D eigenvalue weighted by molar-refractivity contribution is 0.508. The highest BCUT2D eigenvalue weighted by atomic mass is 35.5. The van der Waals surface area contributed by atoms with Gasteiger partial charge in [-0.2, -0.15) is 5.10 Å². The highest BCUT2D eigenvalue weighted by Gasteiger charge is 2.20. The topological polar surface area (TPSA) is 42.7 Å². The molecule has 0 saturated carbocycles. The van der Waals surface area contributed by atoms with Gasteiger partial charge in [0.1, 0.15) is 0 Å². The molecule has 0 bridgehead atoms. The zero-order valence-electron chi connectivity index (χ0n) is 12.4. The van der Waals surface area contributed by atoms with E-state index >= 15 is 0 Å². The molecule has 0 spiro atoms. The van der Waals surface area contributed by atoms with Crippen LogP contribution in [-0.2, 0) is 13.0 Å². The van der Waals surface area contributed by atoms with Crippen LogP contribution in [0.5, 0.6) is 0 Å². The van der Waals surface area contributed by atoms with Gasteiger partial charge in [0.05, 0.1) is 33.2 Å². The first-order valence-corrected chi connectivity index (χ1v) is 8.19. The highest BCUT2D eigenvalue weighted by molar-refractivity contribution is 7.09. The summed E-state index contributed by atoms with van der Waals surface area (Å²) >= 11 is 8.08. The first-order chi connectivity index (χ1) is 9.56. The van der Waals surface area contributed by atoms with E-state index in [1.165, 1.54) is 0 Å². The molecule has 0 aliphatic carbocycles. The van der Waals surface area contributed by atoms with Crippen LogP contribution in [0.4, 0.5) is 0 Å². The maximum Gasteiger partial charge on any atom is 0.0898 e. The Kier molecular flexibility index (Phi) is 5.18. The molecule has 0 amide bonds. The number of halogens is 1. The van der Waals surface area contributed by atoms with Crippen LogP contribution in [0.1, 0.15) is 42.0 Å². The monoisotopic (exact) mass is 312 g/mol. The molecule has 6 heteroatoms. The van der Waals surface area contributed by atoms with E-state index in [0.29, 0.717) is 0 Å². The van der Waals surface area contributed by atoms with E-state index in [1.807, 2.05) is 18.5 Å². The van der Waals surface area contributed by atoms with Gasteiger partial charge in [0.15, 0.2) is 0 Å². The van der Waals surface area contributed by atoms with Crippen LogP contribution in [0.15, 0.2) is 5.38 Å². The molecular weight excluding hydrogens is 292 g/mol. The molecule has 0 fully saturated rings. The third kappa shape index (κ3) is 3.22. The van der Waals surface area contributed by atoms with Crippen molar-refractivity contribution in [2.45, 2.75) is 46.7 Å². The van der Waals surface area contributed by atoms with E-state index in [1.54, 1.807) is 11.3 Å². The molecule has 1 atom stereocenters. The average Bonchev–Trinajstić information content (AvgIpc) is 2.96. The average molecular weight is 313 g/mol. The minimum absolute atomic E-state index is 0.184. The summed E-state index contributed by atoms with van der Waals surface area (Å²) in [7, 11) is 0. The van der Waals surface area contributed by atoms with Crippen molar-refractivity contribution in [2.24, 2.45) is 0 Å². The number of nitrogens with zero attached hydrogens (tertiary/aromatic N) is 3. The first kappa shape index (κ1) is 15.5. The van der Waals surface area contributed by atoms with Crippen LogP contribution in [0.25, 0.3) is 0 Å². The van der Waals surface area contributed by atoms with Crippen molar-refractivity contribution in [3.63, 3.8) is 0 Å². The zero-order chi connectivity index (χ0) is 14.7. The second-order valence-corrected chi connectivity index (χ2v) is 6.21. The van der Waals surface area contributed by atoms with Gasteiger partial charge in [-0.15, -0.1) is 11.3 Å². The summed E-state index contributed by atoms with van der Waals surface area (Å²) < 4.78 is 1.99. The lowest BCUT2D eigenvalue weighted by atomic mass is 10.1. The number of likely N-dealkylation sites (N-methyl/N-ethyl adjacent to an activating group) is 1. The zero-order valence-corrected chi connectivity index (χ0v) is 14.0. The predicted octanol–water partition coefficient (Wildman–Crippen LogP) is 3.52. The molecule has 4 nitrogen and oxygen atoms in total. The van der Waals surface area contributed by atoms with E-state index in [9.17, 15) is 0 Å². The number of hydrogen-bond acceptors (Lipinski definition) is 4. The third-order valence-electron chi connectivity index (χ3n) is 3.29. The summed E-state index contributed by atoms with van der Waals surface area (Å²) in [6, 6.07) is 0.184. The maximum absolute atomic E-state index is 6.40. The predicted molar refractivity (Wildman–Crippen MR) is 84.6 cm³/mol. The Morgan fingerprint density at radius 3 is 2.70 bits per heavy atom. The van der Waals surface area contributed by atoms with E-state index in [2.05, 4.69) is 34.6 Å². The van der Waals surface area contributed by atoms with Crippen molar-refractivity contribution in [2.75, 3.05) is 6.54 Å². The van der Waals surface area contributed by atoms with Gasteiger partial charge in [-0.05, 0) is 27.3 Å².